The fourth-order valence-electron chi connectivity index (χ4n) is 4.81. The number of ketones is 2. The summed E-state index contributed by atoms with van der Waals surface area (Å²) >= 11 is 1.49. The molecular weight excluding hydrogens is 414 g/mol. The van der Waals surface area contributed by atoms with Gasteiger partial charge in [0.2, 0.25) is 11.6 Å². The van der Waals surface area contributed by atoms with Gasteiger partial charge in [0.25, 0.3) is 0 Å². The number of hydrogen-bond acceptors (Lipinski definition) is 10. The molecule has 0 spiro atoms. The predicted molar refractivity (Wildman–Crippen MR) is 106 cm³/mol. The summed E-state index contributed by atoms with van der Waals surface area (Å²) in [6.07, 6.45) is -0.959. The number of fused-ring (bicyclic) bond motifs is 4. The molecule has 0 aromatic heterocycles. The molecule has 2 saturated heterocycles. The molecule has 4 aliphatic rings. The van der Waals surface area contributed by atoms with Crippen LogP contribution in [-0.2, 0) is 23.8 Å². The maximum absolute atomic E-state index is 13.4. The van der Waals surface area contributed by atoms with E-state index in [1.165, 1.54) is 18.9 Å². The van der Waals surface area contributed by atoms with Crippen molar-refractivity contribution in [2.45, 2.75) is 24.7 Å². The molecule has 164 valence electrons. The first-order chi connectivity index (χ1) is 14.4. The van der Waals surface area contributed by atoms with Crippen LogP contribution in [-0.4, -0.2) is 90.5 Å². The third kappa shape index (κ3) is 3.03. The second kappa shape index (κ2) is 7.88. The van der Waals surface area contributed by atoms with Crippen LogP contribution in [0.5, 0.6) is 0 Å². The normalized spacial score (nSPS) is 31.7. The third-order valence-corrected chi connectivity index (χ3v) is 7.01. The number of carbonyl (C=O) groups excluding carboxylic acids is 3. The Morgan fingerprint density at radius 1 is 1.37 bits per heavy atom. The van der Waals surface area contributed by atoms with Crippen LogP contribution < -0.4 is 11.1 Å². The molecule has 4 atom stereocenters. The quantitative estimate of drug-likeness (QED) is 0.235. The zero-order valence-electron chi connectivity index (χ0n) is 16.8. The van der Waals surface area contributed by atoms with Gasteiger partial charge in [-0.2, -0.15) is 11.8 Å². The van der Waals surface area contributed by atoms with E-state index in [0.29, 0.717) is 23.7 Å². The van der Waals surface area contributed by atoms with E-state index in [9.17, 15) is 14.4 Å². The highest BCUT2D eigenvalue weighted by atomic mass is 32.2. The second-order valence-corrected chi connectivity index (χ2v) is 8.78. The lowest BCUT2D eigenvalue weighted by Gasteiger charge is -2.39. The fourth-order valence-corrected chi connectivity index (χ4v) is 5.35. The molecule has 30 heavy (non-hydrogen) atoms. The number of carbonyl (C=O) groups is 3. The van der Waals surface area contributed by atoms with E-state index in [2.05, 4.69) is 5.32 Å². The van der Waals surface area contributed by atoms with Gasteiger partial charge in [-0.1, -0.05) is 0 Å². The SMILES string of the molecule is CO[C@@]12C(COC(N)=O)C3=C(C(=O)C(C)=C(OCCSCCO)C3=O)N1CC1NC12. The molecule has 4 rings (SSSR count). The van der Waals surface area contributed by atoms with E-state index in [-0.39, 0.29) is 54.6 Å². The van der Waals surface area contributed by atoms with Gasteiger partial charge in [0.05, 0.1) is 30.9 Å². The number of amides is 1. The monoisotopic (exact) mass is 439 g/mol. The summed E-state index contributed by atoms with van der Waals surface area (Å²) in [7, 11) is 1.52. The van der Waals surface area contributed by atoms with E-state index >= 15 is 0 Å². The molecule has 0 bridgehead atoms. The number of aliphatic hydroxyl groups excluding tert-OH is 1. The minimum absolute atomic E-state index is 0.0140. The summed E-state index contributed by atoms with van der Waals surface area (Å²) in [6, 6.07) is 0.0539. The van der Waals surface area contributed by atoms with Gasteiger partial charge in [0, 0.05) is 42.3 Å². The van der Waals surface area contributed by atoms with E-state index in [1.807, 2.05) is 4.90 Å². The number of aliphatic hydroxyl groups is 1. The maximum atomic E-state index is 13.4. The van der Waals surface area contributed by atoms with E-state index < -0.39 is 23.5 Å². The number of rotatable bonds is 9. The summed E-state index contributed by atoms with van der Waals surface area (Å²) in [5.74, 6) is -0.207. The molecule has 2 fully saturated rings. The molecule has 3 heterocycles. The molecule has 10 nitrogen and oxygen atoms in total. The molecular formula is C19H25N3O7S. The molecule has 0 radical (unpaired) electrons. The highest BCUT2D eigenvalue weighted by Gasteiger charge is 2.72. The van der Waals surface area contributed by atoms with Crippen molar-refractivity contribution in [1.29, 1.82) is 0 Å². The Kier molecular flexibility index (Phi) is 5.56. The van der Waals surface area contributed by atoms with Crippen LogP contribution >= 0.6 is 11.8 Å². The molecule has 11 heteroatoms. The molecule has 0 saturated carbocycles. The Balaban J connectivity index is 1.64. The van der Waals surface area contributed by atoms with Crippen molar-refractivity contribution < 1.29 is 33.7 Å². The largest absolute Gasteiger partial charge is 0.488 e. The van der Waals surface area contributed by atoms with Gasteiger partial charge in [-0.05, 0) is 6.92 Å². The Morgan fingerprint density at radius 2 is 2.13 bits per heavy atom. The van der Waals surface area contributed by atoms with Crippen LogP contribution in [0.4, 0.5) is 4.79 Å². The summed E-state index contributed by atoms with van der Waals surface area (Å²) in [5.41, 5.74) is 4.97. The number of nitrogens with one attached hydrogen (secondary N) is 1. The third-order valence-electron chi connectivity index (χ3n) is 6.08. The number of nitrogens with two attached hydrogens (primary N) is 1. The summed E-state index contributed by atoms with van der Waals surface area (Å²) in [5, 5.41) is 12.2. The van der Waals surface area contributed by atoms with Crippen molar-refractivity contribution in [3.05, 3.63) is 22.6 Å². The Morgan fingerprint density at radius 3 is 2.80 bits per heavy atom. The number of thioether (sulfide) groups is 1. The van der Waals surface area contributed by atoms with Gasteiger partial charge in [-0.25, -0.2) is 4.79 Å². The van der Waals surface area contributed by atoms with Gasteiger partial charge in [-0.3, -0.25) is 9.59 Å². The van der Waals surface area contributed by atoms with Crippen molar-refractivity contribution in [3.8, 4) is 0 Å². The maximum Gasteiger partial charge on any atom is 0.404 e. The Labute approximate surface area is 177 Å². The number of primary amides is 1. The van der Waals surface area contributed by atoms with Crippen LogP contribution in [0.25, 0.3) is 0 Å². The number of methoxy groups -OCH3 is 1. The first-order valence-corrected chi connectivity index (χ1v) is 10.9. The van der Waals surface area contributed by atoms with Crippen LogP contribution in [0.2, 0.25) is 0 Å². The summed E-state index contributed by atoms with van der Waals surface area (Å²) in [4.78, 5) is 39.8. The first-order valence-electron chi connectivity index (χ1n) is 9.75. The molecule has 3 unspecified atom stereocenters. The average molecular weight is 439 g/mol. The minimum Gasteiger partial charge on any atom is -0.488 e. The average Bonchev–Trinajstić information content (AvgIpc) is 3.33. The minimum atomic E-state index is -0.997. The Bertz CT molecular complexity index is 857. The lowest BCUT2D eigenvalue weighted by Crippen LogP contribution is -2.55. The van der Waals surface area contributed by atoms with Gasteiger partial charge < -0.3 is 35.3 Å². The van der Waals surface area contributed by atoms with E-state index in [0.717, 1.165) is 0 Å². The molecule has 0 aromatic rings. The highest BCUT2D eigenvalue weighted by molar-refractivity contribution is 7.99. The zero-order chi connectivity index (χ0) is 21.6. The zero-order valence-corrected chi connectivity index (χ0v) is 17.6. The second-order valence-electron chi connectivity index (χ2n) is 7.56. The number of ether oxygens (including phenoxy) is 3. The first kappa shape index (κ1) is 21.2. The fraction of sp³-hybridized carbons (Fsp3) is 0.632. The van der Waals surface area contributed by atoms with Crippen LogP contribution in [0.1, 0.15) is 6.92 Å². The van der Waals surface area contributed by atoms with Gasteiger partial charge in [-0.15, -0.1) is 0 Å². The van der Waals surface area contributed by atoms with Gasteiger partial charge in [0.15, 0.2) is 11.5 Å². The molecule has 1 aliphatic carbocycles. The lowest BCUT2D eigenvalue weighted by atomic mass is 9.83. The van der Waals surface area contributed by atoms with E-state index in [1.54, 1.807) is 6.92 Å². The van der Waals surface area contributed by atoms with Crippen LogP contribution in [0.3, 0.4) is 0 Å². The van der Waals surface area contributed by atoms with Crippen LogP contribution in [0.15, 0.2) is 22.6 Å². The van der Waals surface area contributed by atoms with E-state index in [4.69, 9.17) is 25.1 Å². The van der Waals surface area contributed by atoms with Crippen molar-refractivity contribution in [1.82, 2.24) is 10.2 Å². The number of piperazine rings is 1. The van der Waals surface area contributed by atoms with Crippen molar-refractivity contribution in [2.75, 3.05) is 45.0 Å². The standard InChI is InChI=1S/C19H25N3O7S/c1-9-14(24)13-12(15(25)16(9)28-4-6-30-5-3-23)10(8-29-18(20)26)19(27-2)17-11(21-17)7-22(13)19/h10-11,17,21,23H,3-8H2,1-2H3,(H2,20,26)/t10?,11?,17?,19-/m1/s1. The number of allylic oxidation sites excluding steroid dienone is 2. The smallest absolute Gasteiger partial charge is 0.404 e. The summed E-state index contributed by atoms with van der Waals surface area (Å²) in [6.45, 7) is 2.21. The van der Waals surface area contributed by atoms with Gasteiger partial charge >= 0.3 is 6.09 Å². The number of Topliss-reactive ketones (excluding diaryl/α,β-unsaturated/α-hetero) is 2. The van der Waals surface area contributed by atoms with Crippen LogP contribution in [0, 0.1) is 5.92 Å². The number of nitrogens with zero attached hydrogens (tertiary/aromatic N) is 1. The van der Waals surface area contributed by atoms with Crippen molar-refractivity contribution >= 4 is 29.4 Å². The topological polar surface area (TPSA) is 150 Å². The van der Waals surface area contributed by atoms with Gasteiger partial charge in [0.1, 0.15) is 6.61 Å². The molecule has 1 amide bonds. The molecule has 4 N–H and O–H groups in total. The molecule has 3 aliphatic heterocycles. The Hall–Kier alpha value is -2.08. The highest BCUT2D eigenvalue weighted by Crippen LogP contribution is 2.55. The summed E-state index contributed by atoms with van der Waals surface area (Å²) < 4.78 is 16.7. The van der Waals surface area contributed by atoms with Crippen molar-refractivity contribution in [2.24, 2.45) is 11.7 Å². The number of hydrogen-bond donors (Lipinski definition) is 3. The predicted octanol–water partition coefficient (Wildman–Crippen LogP) is -0.868. The van der Waals surface area contributed by atoms with Crippen molar-refractivity contribution in [3.63, 3.8) is 0 Å². The molecule has 0 aromatic carbocycles. The lowest BCUT2D eigenvalue weighted by molar-refractivity contribution is -0.137.